The third-order valence-corrected chi connectivity index (χ3v) is 6.83. The molecule has 0 radical (unpaired) electrons. The van der Waals surface area contributed by atoms with Gasteiger partial charge in [-0.2, -0.15) is 11.8 Å². The van der Waals surface area contributed by atoms with Gasteiger partial charge in [0.05, 0.1) is 6.33 Å². The zero-order chi connectivity index (χ0) is 22.3. The molecular weight excluding hydrogens is 428 g/mol. The number of carbonyl (C=O) groups is 1. The molecular formula is C20H21F2N5O3S. The number of hydrogen-bond donors (Lipinski definition) is 0. The number of thioether (sulfide) groups is 1. The van der Waals surface area contributed by atoms with Gasteiger partial charge in [0, 0.05) is 43.8 Å². The monoisotopic (exact) mass is 449 g/mol. The summed E-state index contributed by atoms with van der Waals surface area (Å²) in [5.41, 5.74) is -0.300. The van der Waals surface area contributed by atoms with Crippen LogP contribution in [0.15, 0.2) is 34.1 Å². The molecule has 0 spiro atoms. The molecule has 0 unspecified atom stereocenters. The van der Waals surface area contributed by atoms with Crippen LogP contribution in [0, 0.1) is 11.6 Å². The van der Waals surface area contributed by atoms with Crippen molar-refractivity contribution < 1.29 is 13.6 Å². The summed E-state index contributed by atoms with van der Waals surface area (Å²) >= 11 is 1.49. The molecule has 31 heavy (non-hydrogen) atoms. The van der Waals surface area contributed by atoms with Gasteiger partial charge < -0.3 is 9.47 Å². The molecule has 1 aromatic carbocycles. The number of halogens is 2. The van der Waals surface area contributed by atoms with Gasteiger partial charge in [-0.25, -0.2) is 18.6 Å². The zero-order valence-corrected chi connectivity index (χ0v) is 17.9. The van der Waals surface area contributed by atoms with Crippen molar-refractivity contribution in [3.63, 3.8) is 0 Å². The van der Waals surface area contributed by atoms with Gasteiger partial charge in [-0.1, -0.05) is 0 Å². The molecule has 11 heteroatoms. The molecule has 164 valence electrons. The van der Waals surface area contributed by atoms with Crippen molar-refractivity contribution in [3.8, 4) is 0 Å². The summed E-state index contributed by atoms with van der Waals surface area (Å²) < 4.78 is 31.4. The fourth-order valence-electron chi connectivity index (χ4n) is 3.79. The predicted octanol–water partition coefficient (Wildman–Crippen LogP) is 1.42. The largest absolute Gasteiger partial charge is 0.340 e. The second kappa shape index (κ2) is 8.29. The van der Waals surface area contributed by atoms with Crippen molar-refractivity contribution in [3.05, 3.63) is 62.6 Å². The molecule has 1 saturated heterocycles. The van der Waals surface area contributed by atoms with Crippen molar-refractivity contribution in [1.82, 2.24) is 23.6 Å². The van der Waals surface area contributed by atoms with Crippen molar-refractivity contribution in [2.24, 2.45) is 14.1 Å². The summed E-state index contributed by atoms with van der Waals surface area (Å²) in [6, 6.07) is 3.42. The van der Waals surface area contributed by atoms with E-state index in [9.17, 15) is 23.2 Å². The third-order valence-electron chi connectivity index (χ3n) is 5.52. The summed E-state index contributed by atoms with van der Waals surface area (Å²) in [5, 5.41) is -0.246. The fraction of sp³-hybridized carbons (Fsp3) is 0.400. The SMILES string of the molecule is Cn1c(=O)c2c(ncn2CC(=O)N2CCS[C@H](c3cc(F)ccc3F)CC2)n(C)c1=O. The van der Waals surface area contributed by atoms with Crippen LogP contribution in [0.5, 0.6) is 0 Å². The Bertz CT molecular complexity index is 1280. The molecule has 3 aromatic rings. The lowest BCUT2D eigenvalue weighted by atomic mass is 10.1. The van der Waals surface area contributed by atoms with Gasteiger partial charge in [-0.05, 0) is 24.6 Å². The molecule has 4 rings (SSSR count). The van der Waals surface area contributed by atoms with Gasteiger partial charge in [0.2, 0.25) is 5.91 Å². The third kappa shape index (κ3) is 3.89. The molecule has 1 aliphatic rings. The lowest BCUT2D eigenvalue weighted by Crippen LogP contribution is -2.39. The molecule has 8 nitrogen and oxygen atoms in total. The first-order valence-electron chi connectivity index (χ1n) is 9.73. The second-order valence-electron chi connectivity index (χ2n) is 7.45. The van der Waals surface area contributed by atoms with Crippen LogP contribution in [0.3, 0.4) is 0 Å². The van der Waals surface area contributed by atoms with E-state index < -0.39 is 22.9 Å². The Labute approximate surface area is 180 Å². The summed E-state index contributed by atoms with van der Waals surface area (Å²) in [4.78, 5) is 43.3. The average Bonchev–Trinajstić information content (AvgIpc) is 3.00. The van der Waals surface area contributed by atoms with E-state index in [1.54, 1.807) is 4.90 Å². The number of aryl methyl sites for hydroxylation is 1. The van der Waals surface area contributed by atoms with Crippen LogP contribution in [0.25, 0.3) is 11.2 Å². The highest BCUT2D eigenvalue weighted by molar-refractivity contribution is 7.99. The lowest BCUT2D eigenvalue weighted by Gasteiger charge is -2.21. The first-order valence-corrected chi connectivity index (χ1v) is 10.8. The minimum atomic E-state index is -0.517. The minimum absolute atomic E-state index is 0.104. The maximum atomic E-state index is 14.1. The number of carbonyl (C=O) groups excluding carboxylic acids is 1. The van der Waals surface area contributed by atoms with E-state index in [0.717, 1.165) is 16.7 Å². The summed E-state index contributed by atoms with van der Waals surface area (Å²) in [6.45, 7) is 0.739. The van der Waals surface area contributed by atoms with Crippen LogP contribution in [0.4, 0.5) is 8.78 Å². The van der Waals surface area contributed by atoms with Crippen LogP contribution >= 0.6 is 11.8 Å². The number of hydrogen-bond acceptors (Lipinski definition) is 5. The maximum Gasteiger partial charge on any atom is 0.332 e. The Balaban J connectivity index is 1.53. The smallest absolute Gasteiger partial charge is 0.332 e. The van der Waals surface area contributed by atoms with Crippen LogP contribution in [0.2, 0.25) is 0 Å². The van der Waals surface area contributed by atoms with E-state index in [2.05, 4.69) is 4.98 Å². The number of nitrogens with zero attached hydrogens (tertiary/aromatic N) is 5. The van der Waals surface area contributed by atoms with E-state index in [4.69, 9.17) is 0 Å². The number of imidazole rings is 1. The van der Waals surface area contributed by atoms with Crippen molar-refractivity contribution in [2.45, 2.75) is 18.2 Å². The average molecular weight is 449 g/mol. The van der Waals surface area contributed by atoms with E-state index >= 15 is 0 Å². The number of aromatic nitrogens is 4. The summed E-state index contributed by atoms with van der Waals surface area (Å²) in [7, 11) is 2.89. The van der Waals surface area contributed by atoms with Crippen molar-refractivity contribution in [2.75, 3.05) is 18.8 Å². The number of fused-ring (bicyclic) bond motifs is 1. The highest BCUT2D eigenvalue weighted by Crippen LogP contribution is 2.36. The Morgan fingerprint density at radius 3 is 2.74 bits per heavy atom. The number of rotatable bonds is 3. The van der Waals surface area contributed by atoms with Gasteiger partial charge in [-0.15, -0.1) is 0 Å². The van der Waals surface area contributed by atoms with E-state index in [-0.39, 0.29) is 28.9 Å². The molecule has 1 fully saturated rings. The topological polar surface area (TPSA) is 82.1 Å². The zero-order valence-electron chi connectivity index (χ0n) is 17.0. The van der Waals surface area contributed by atoms with Crippen LogP contribution in [-0.4, -0.2) is 48.3 Å². The normalized spacial score (nSPS) is 17.2. The molecule has 3 heterocycles. The highest BCUT2D eigenvalue weighted by atomic mass is 32.2. The van der Waals surface area contributed by atoms with Gasteiger partial charge >= 0.3 is 5.69 Å². The van der Waals surface area contributed by atoms with E-state index in [1.807, 2.05) is 0 Å². The van der Waals surface area contributed by atoms with Gasteiger partial charge in [0.15, 0.2) is 11.2 Å². The van der Waals surface area contributed by atoms with Gasteiger partial charge in [0.25, 0.3) is 5.56 Å². The number of benzene rings is 1. The molecule has 2 aromatic heterocycles. The lowest BCUT2D eigenvalue weighted by molar-refractivity contribution is -0.131. The molecule has 0 aliphatic carbocycles. The second-order valence-corrected chi connectivity index (χ2v) is 8.76. The molecule has 1 atom stereocenters. The molecule has 1 aliphatic heterocycles. The van der Waals surface area contributed by atoms with Crippen LogP contribution < -0.4 is 11.2 Å². The fourth-order valence-corrected chi connectivity index (χ4v) is 5.03. The van der Waals surface area contributed by atoms with Crippen molar-refractivity contribution >= 4 is 28.8 Å². The molecule has 0 N–H and O–H groups in total. The molecule has 0 saturated carbocycles. The van der Waals surface area contributed by atoms with Crippen LogP contribution in [-0.2, 0) is 25.4 Å². The summed E-state index contributed by atoms with van der Waals surface area (Å²) in [5.74, 6) is -0.578. The standard InChI is InChI=1S/C20H21F2N5O3S/c1-24-18-17(19(29)25(2)20(24)30)27(11-23-18)10-16(28)26-6-5-15(31-8-7-26)13-9-12(21)3-4-14(13)22/h3-4,9,11,15H,5-8,10H2,1-2H3/t15-/m0/s1. The van der Waals surface area contributed by atoms with Crippen molar-refractivity contribution in [1.29, 1.82) is 0 Å². The first-order chi connectivity index (χ1) is 14.8. The van der Waals surface area contributed by atoms with Gasteiger partial charge in [-0.3, -0.25) is 18.7 Å². The Morgan fingerprint density at radius 2 is 1.97 bits per heavy atom. The Hall–Kier alpha value is -2.95. The quantitative estimate of drug-likeness (QED) is 0.604. The van der Waals surface area contributed by atoms with Crippen LogP contribution in [0.1, 0.15) is 17.2 Å². The Morgan fingerprint density at radius 1 is 1.19 bits per heavy atom. The Kier molecular flexibility index (Phi) is 5.69. The predicted molar refractivity (Wildman–Crippen MR) is 113 cm³/mol. The van der Waals surface area contributed by atoms with Gasteiger partial charge in [0.1, 0.15) is 18.2 Å². The maximum absolute atomic E-state index is 14.1. The molecule has 0 bridgehead atoms. The first kappa shape index (κ1) is 21.3. The molecule has 1 amide bonds. The number of amides is 1. The van der Waals surface area contributed by atoms with E-state index in [0.29, 0.717) is 30.8 Å². The minimum Gasteiger partial charge on any atom is -0.340 e. The highest BCUT2D eigenvalue weighted by Gasteiger charge is 2.25. The summed E-state index contributed by atoms with van der Waals surface area (Å²) in [6.07, 6.45) is 1.86. The van der Waals surface area contributed by atoms with E-state index in [1.165, 1.54) is 47.4 Å².